The zero-order valence-corrected chi connectivity index (χ0v) is 12.2. The third-order valence-electron chi connectivity index (χ3n) is 2.44. The molecule has 1 rings (SSSR count). The maximum Gasteiger partial charge on any atom is 0.260 e. The number of hydrogen-bond donors (Lipinski definition) is 2. The molecule has 0 fully saturated rings. The van der Waals surface area contributed by atoms with Gasteiger partial charge >= 0.3 is 0 Å². The number of ether oxygens (including phenoxy) is 2. The van der Waals surface area contributed by atoms with Crippen LogP contribution in [0, 0.1) is 0 Å². The van der Waals surface area contributed by atoms with Gasteiger partial charge in [-0.1, -0.05) is 0 Å². The van der Waals surface area contributed by atoms with E-state index in [2.05, 4.69) is 21.2 Å². The number of halogens is 1. The fourth-order valence-electron chi connectivity index (χ4n) is 1.44. The van der Waals surface area contributed by atoms with E-state index in [-0.39, 0.29) is 5.91 Å². The second-order valence-corrected chi connectivity index (χ2v) is 4.54. The minimum atomic E-state index is -0.607. The van der Waals surface area contributed by atoms with Crippen LogP contribution in [0.4, 0.5) is 0 Å². The SMILES string of the molecule is CNC(=O)C(C)Oc1c(Br)cc(CN)cc1OC. The van der Waals surface area contributed by atoms with E-state index in [0.717, 1.165) is 5.56 Å². The highest BCUT2D eigenvalue weighted by atomic mass is 79.9. The summed E-state index contributed by atoms with van der Waals surface area (Å²) in [5, 5.41) is 2.52. The predicted octanol–water partition coefficient (Wildman–Crippen LogP) is 1.43. The first-order chi connectivity index (χ1) is 8.53. The molecule has 0 spiro atoms. The van der Waals surface area contributed by atoms with Crippen LogP contribution >= 0.6 is 15.9 Å². The summed E-state index contributed by atoms with van der Waals surface area (Å²) in [6, 6.07) is 3.63. The first-order valence-electron chi connectivity index (χ1n) is 5.48. The van der Waals surface area contributed by atoms with Gasteiger partial charge in [0.15, 0.2) is 17.6 Å². The molecule has 0 bridgehead atoms. The molecule has 1 aromatic rings. The van der Waals surface area contributed by atoms with Crippen LogP contribution in [-0.2, 0) is 11.3 Å². The van der Waals surface area contributed by atoms with Crippen molar-refractivity contribution in [3.8, 4) is 11.5 Å². The summed E-state index contributed by atoms with van der Waals surface area (Å²) in [6.07, 6.45) is -0.607. The minimum absolute atomic E-state index is 0.202. The predicted molar refractivity (Wildman–Crippen MR) is 72.7 cm³/mol. The Kier molecular flexibility index (Phi) is 5.43. The lowest BCUT2D eigenvalue weighted by molar-refractivity contribution is -0.126. The van der Waals surface area contributed by atoms with Gasteiger partial charge in [0.1, 0.15) is 0 Å². The maximum absolute atomic E-state index is 11.4. The van der Waals surface area contributed by atoms with Crippen molar-refractivity contribution >= 4 is 21.8 Å². The maximum atomic E-state index is 11.4. The zero-order valence-electron chi connectivity index (χ0n) is 10.6. The summed E-state index contributed by atoms with van der Waals surface area (Å²) in [4.78, 5) is 11.4. The van der Waals surface area contributed by atoms with Crippen molar-refractivity contribution in [2.24, 2.45) is 5.73 Å². The summed E-state index contributed by atoms with van der Waals surface area (Å²) in [5.74, 6) is 0.832. The largest absolute Gasteiger partial charge is 0.493 e. The van der Waals surface area contributed by atoms with E-state index in [4.69, 9.17) is 15.2 Å². The van der Waals surface area contributed by atoms with Crippen molar-refractivity contribution < 1.29 is 14.3 Å². The molecule has 0 aliphatic rings. The molecule has 0 radical (unpaired) electrons. The fraction of sp³-hybridized carbons (Fsp3) is 0.417. The molecular formula is C12H17BrN2O3. The molecule has 0 aliphatic carbocycles. The summed E-state index contributed by atoms with van der Waals surface area (Å²) in [6.45, 7) is 2.07. The number of carbonyl (C=O) groups is 1. The quantitative estimate of drug-likeness (QED) is 0.862. The van der Waals surface area contributed by atoms with E-state index >= 15 is 0 Å². The second kappa shape index (κ2) is 6.61. The summed E-state index contributed by atoms with van der Waals surface area (Å²) in [5.41, 5.74) is 6.50. The summed E-state index contributed by atoms with van der Waals surface area (Å²) >= 11 is 3.39. The zero-order chi connectivity index (χ0) is 13.7. The van der Waals surface area contributed by atoms with Gasteiger partial charge in [0.05, 0.1) is 11.6 Å². The third kappa shape index (κ3) is 3.36. The molecule has 0 aliphatic heterocycles. The van der Waals surface area contributed by atoms with Gasteiger partial charge < -0.3 is 20.5 Å². The van der Waals surface area contributed by atoms with Crippen LogP contribution in [0.3, 0.4) is 0 Å². The lowest BCUT2D eigenvalue weighted by Crippen LogP contribution is -2.33. The molecular weight excluding hydrogens is 300 g/mol. The Bertz CT molecular complexity index is 438. The van der Waals surface area contributed by atoms with Crippen LogP contribution < -0.4 is 20.5 Å². The number of likely N-dealkylation sites (N-methyl/N-ethyl adjacent to an activating group) is 1. The van der Waals surface area contributed by atoms with E-state index in [1.807, 2.05) is 6.07 Å². The third-order valence-corrected chi connectivity index (χ3v) is 3.02. The van der Waals surface area contributed by atoms with Crippen molar-refractivity contribution in [1.82, 2.24) is 5.32 Å². The van der Waals surface area contributed by atoms with Gasteiger partial charge in [-0.05, 0) is 40.5 Å². The number of amides is 1. The molecule has 100 valence electrons. The average molecular weight is 317 g/mol. The van der Waals surface area contributed by atoms with Crippen LogP contribution in [0.15, 0.2) is 16.6 Å². The van der Waals surface area contributed by atoms with Crippen LogP contribution in [0.2, 0.25) is 0 Å². The van der Waals surface area contributed by atoms with Gasteiger partial charge in [0.2, 0.25) is 0 Å². The molecule has 5 nitrogen and oxygen atoms in total. The molecule has 3 N–H and O–H groups in total. The molecule has 1 atom stereocenters. The van der Waals surface area contributed by atoms with Gasteiger partial charge in [-0.2, -0.15) is 0 Å². The Hall–Kier alpha value is -1.27. The topological polar surface area (TPSA) is 73.6 Å². The highest BCUT2D eigenvalue weighted by molar-refractivity contribution is 9.10. The number of nitrogens with two attached hydrogens (primary N) is 1. The first-order valence-corrected chi connectivity index (χ1v) is 6.27. The molecule has 0 saturated heterocycles. The van der Waals surface area contributed by atoms with Gasteiger partial charge in [0, 0.05) is 13.6 Å². The number of carbonyl (C=O) groups excluding carboxylic acids is 1. The van der Waals surface area contributed by atoms with Gasteiger partial charge in [0.25, 0.3) is 5.91 Å². The van der Waals surface area contributed by atoms with Crippen molar-refractivity contribution in [2.75, 3.05) is 14.2 Å². The van der Waals surface area contributed by atoms with Crippen molar-refractivity contribution in [3.05, 3.63) is 22.2 Å². The summed E-state index contributed by atoms with van der Waals surface area (Å²) in [7, 11) is 3.10. The molecule has 0 heterocycles. The van der Waals surface area contributed by atoms with Crippen LogP contribution in [0.25, 0.3) is 0 Å². The summed E-state index contributed by atoms with van der Waals surface area (Å²) < 4.78 is 11.5. The van der Waals surface area contributed by atoms with E-state index in [0.29, 0.717) is 22.5 Å². The lowest BCUT2D eigenvalue weighted by Gasteiger charge is -2.17. The van der Waals surface area contributed by atoms with E-state index < -0.39 is 6.10 Å². The Morgan fingerprint density at radius 1 is 1.56 bits per heavy atom. The number of methoxy groups -OCH3 is 1. The van der Waals surface area contributed by atoms with Gasteiger partial charge in [-0.15, -0.1) is 0 Å². The molecule has 0 saturated carbocycles. The smallest absolute Gasteiger partial charge is 0.260 e. The molecule has 1 aromatic carbocycles. The minimum Gasteiger partial charge on any atom is -0.493 e. The standard InChI is InChI=1S/C12H17BrN2O3/c1-7(12(16)15-2)18-11-9(13)4-8(6-14)5-10(11)17-3/h4-5,7H,6,14H2,1-3H3,(H,15,16). The normalized spacial score (nSPS) is 11.8. The Labute approximate surface area is 115 Å². The molecule has 6 heteroatoms. The first kappa shape index (κ1) is 14.8. The Morgan fingerprint density at radius 3 is 2.72 bits per heavy atom. The molecule has 1 amide bonds. The van der Waals surface area contributed by atoms with E-state index in [1.165, 1.54) is 0 Å². The van der Waals surface area contributed by atoms with Crippen LogP contribution in [0.5, 0.6) is 11.5 Å². The number of rotatable bonds is 5. The van der Waals surface area contributed by atoms with Crippen molar-refractivity contribution in [3.63, 3.8) is 0 Å². The molecule has 1 unspecified atom stereocenters. The highest BCUT2D eigenvalue weighted by Gasteiger charge is 2.18. The monoisotopic (exact) mass is 316 g/mol. The van der Waals surface area contributed by atoms with Crippen LogP contribution in [0.1, 0.15) is 12.5 Å². The fourth-order valence-corrected chi connectivity index (χ4v) is 2.02. The van der Waals surface area contributed by atoms with E-state index in [9.17, 15) is 4.79 Å². The number of hydrogen-bond acceptors (Lipinski definition) is 4. The van der Waals surface area contributed by atoms with Crippen molar-refractivity contribution in [1.29, 1.82) is 0 Å². The van der Waals surface area contributed by atoms with Gasteiger partial charge in [-0.3, -0.25) is 4.79 Å². The highest BCUT2D eigenvalue weighted by Crippen LogP contribution is 2.37. The average Bonchev–Trinajstić information content (AvgIpc) is 2.39. The second-order valence-electron chi connectivity index (χ2n) is 3.69. The lowest BCUT2D eigenvalue weighted by atomic mass is 10.2. The Morgan fingerprint density at radius 2 is 2.22 bits per heavy atom. The van der Waals surface area contributed by atoms with Crippen molar-refractivity contribution in [2.45, 2.75) is 19.6 Å². The number of nitrogens with one attached hydrogen (secondary N) is 1. The molecule has 18 heavy (non-hydrogen) atoms. The van der Waals surface area contributed by atoms with E-state index in [1.54, 1.807) is 27.1 Å². The molecule has 0 aromatic heterocycles. The Balaban J connectivity index is 3.04. The number of benzene rings is 1. The van der Waals surface area contributed by atoms with Crippen LogP contribution in [-0.4, -0.2) is 26.2 Å². The van der Waals surface area contributed by atoms with Gasteiger partial charge in [-0.25, -0.2) is 0 Å².